The molecule has 0 aliphatic rings. The summed E-state index contributed by atoms with van der Waals surface area (Å²) in [6.07, 6.45) is 0.0557. The number of aromatic nitrogens is 1. The van der Waals surface area contributed by atoms with Crippen molar-refractivity contribution in [2.75, 3.05) is 16.6 Å². The Labute approximate surface area is 208 Å². The number of aryl methyl sites for hydroxylation is 1. The van der Waals surface area contributed by atoms with E-state index in [0.29, 0.717) is 28.0 Å². The van der Waals surface area contributed by atoms with E-state index in [1.165, 1.54) is 0 Å². The van der Waals surface area contributed by atoms with Crippen molar-refractivity contribution in [3.8, 4) is 0 Å². The first kappa shape index (κ1) is 24.9. The number of para-hydroxylation sites is 2. The van der Waals surface area contributed by atoms with E-state index < -0.39 is 27.1 Å². The van der Waals surface area contributed by atoms with Gasteiger partial charge in [-0.3, -0.25) is 9.52 Å². The van der Waals surface area contributed by atoms with Crippen LogP contribution in [0, 0.1) is 6.92 Å². The van der Waals surface area contributed by atoms with Gasteiger partial charge in [0, 0.05) is 11.4 Å². The molecular weight excluding hydrogens is 482 g/mol. The van der Waals surface area contributed by atoms with E-state index in [1.54, 1.807) is 67.6 Å². The van der Waals surface area contributed by atoms with Crippen LogP contribution in [0.15, 0.2) is 77.2 Å². The third-order valence-corrected chi connectivity index (χ3v) is 7.00. The normalized spacial score (nSPS) is 12.2. The molecule has 0 saturated carbocycles. The van der Waals surface area contributed by atoms with Gasteiger partial charge >= 0.3 is 11.9 Å². The van der Waals surface area contributed by atoms with Crippen LogP contribution in [0.3, 0.4) is 0 Å². The molecule has 10 heteroatoms. The Balaban J connectivity index is 1.61. The van der Waals surface area contributed by atoms with Crippen LogP contribution in [0.2, 0.25) is 0 Å². The summed E-state index contributed by atoms with van der Waals surface area (Å²) in [5, 5.41) is 1.32. The van der Waals surface area contributed by atoms with Crippen molar-refractivity contribution in [1.82, 2.24) is 4.98 Å². The minimum Gasteiger partial charge on any atom is -0.459 e. The number of carbonyl (C=O) groups is 2. The van der Waals surface area contributed by atoms with Crippen LogP contribution >= 0.6 is 0 Å². The minimum atomic E-state index is -3.97. The van der Waals surface area contributed by atoms with Gasteiger partial charge in [-0.1, -0.05) is 42.0 Å². The first-order valence-corrected chi connectivity index (χ1v) is 12.8. The number of hydrogen-bond acceptors (Lipinski definition) is 7. The van der Waals surface area contributed by atoms with Gasteiger partial charge in [0.25, 0.3) is 0 Å². The zero-order valence-electron chi connectivity index (χ0n) is 19.7. The maximum absolute atomic E-state index is 13.5. The number of rotatable bonds is 8. The standard InChI is InChI=1S/C26H25N3O6S/c1-3-34-26(31)24(30)27-19-14-10-18(11-15-19)16-23(25-28-21-6-4-5-7-22(21)35-25)36(32,33)29-20-12-8-17(2)9-13-20/h4-15,23,29H,3,16H2,1-2H3,(H,27,30). The van der Waals surface area contributed by atoms with Crippen LogP contribution in [0.25, 0.3) is 11.1 Å². The fourth-order valence-corrected chi connectivity index (χ4v) is 4.92. The lowest BCUT2D eigenvalue weighted by atomic mass is 10.1. The van der Waals surface area contributed by atoms with E-state index in [9.17, 15) is 18.0 Å². The SMILES string of the molecule is CCOC(=O)C(=O)Nc1ccc(CC(c2nc3ccccc3o2)S(=O)(=O)Nc2ccc(C)cc2)cc1. The summed E-state index contributed by atoms with van der Waals surface area (Å²) in [6, 6.07) is 20.6. The molecule has 0 saturated heterocycles. The van der Waals surface area contributed by atoms with Crippen molar-refractivity contribution >= 4 is 44.4 Å². The largest absolute Gasteiger partial charge is 0.459 e. The molecule has 0 aliphatic carbocycles. The molecule has 1 heterocycles. The van der Waals surface area contributed by atoms with E-state index in [2.05, 4.69) is 19.8 Å². The van der Waals surface area contributed by atoms with Gasteiger partial charge in [0.15, 0.2) is 10.8 Å². The molecule has 0 aliphatic heterocycles. The van der Waals surface area contributed by atoms with Crippen LogP contribution in [0.4, 0.5) is 11.4 Å². The second-order valence-electron chi connectivity index (χ2n) is 8.10. The summed E-state index contributed by atoms with van der Waals surface area (Å²) in [5.41, 5.74) is 3.50. The number of hydrogen-bond donors (Lipinski definition) is 2. The Kier molecular flexibility index (Phi) is 7.35. The molecule has 186 valence electrons. The van der Waals surface area contributed by atoms with Crippen molar-refractivity contribution < 1.29 is 27.2 Å². The van der Waals surface area contributed by atoms with Gasteiger partial charge in [0.1, 0.15) is 5.52 Å². The van der Waals surface area contributed by atoms with Gasteiger partial charge in [-0.15, -0.1) is 0 Å². The second-order valence-corrected chi connectivity index (χ2v) is 9.96. The van der Waals surface area contributed by atoms with E-state index >= 15 is 0 Å². The van der Waals surface area contributed by atoms with Crippen molar-refractivity contribution in [2.24, 2.45) is 0 Å². The third kappa shape index (κ3) is 5.89. The summed E-state index contributed by atoms with van der Waals surface area (Å²) >= 11 is 0. The number of ether oxygens (including phenoxy) is 1. The monoisotopic (exact) mass is 507 g/mol. The molecule has 1 aromatic heterocycles. The van der Waals surface area contributed by atoms with Gasteiger partial charge in [-0.05, 0) is 62.2 Å². The van der Waals surface area contributed by atoms with Gasteiger partial charge in [-0.25, -0.2) is 18.2 Å². The molecule has 2 N–H and O–H groups in total. The molecule has 3 aromatic carbocycles. The number of oxazole rings is 1. The first-order valence-electron chi connectivity index (χ1n) is 11.3. The highest BCUT2D eigenvalue weighted by atomic mass is 32.2. The van der Waals surface area contributed by atoms with E-state index in [1.807, 2.05) is 19.1 Å². The number of nitrogens with zero attached hydrogens (tertiary/aromatic N) is 1. The molecule has 1 unspecified atom stereocenters. The van der Waals surface area contributed by atoms with Gasteiger partial charge in [-0.2, -0.15) is 0 Å². The zero-order valence-corrected chi connectivity index (χ0v) is 20.5. The van der Waals surface area contributed by atoms with E-state index in [4.69, 9.17) is 4.42 Å². The highest BCUT2D eigenvalue weighted by Crippen LogP contribution is 2.31. The van der Waals surface area contributed by atoms with E-state index in [0.717, 1.165) is 5.56 Å². The molecule has 0 spiro atoms. The fourth-order valence-electron chi connectivity index (χ4n) is 3.53. The first-order chi connectivity index (χ1) is 17.2. The number of benzene rings is 3. The van der Waals surface area contributed by atoms with Crippen molar-refractivity contribution in [3.05, 3.63) is 89.8 Å². The molecule has 4 rings (SSSR count). The number of esters is 1. The lowest BCUT2D eigenvalue weighted by Gasteiger charge is -2.17. The van der Waals surface area contributed by atoms with Gasteiger partial charge < -0.3 is 14.5 Å². The molecule has 4 aromatic rings. The quantitative estimate of drug-likeness (QED) is 0.268. The highest BCUT2D eigenvalue weighted by Gasteiger charge is 2.32. The third-order valence-electron chi connectivity index (χ3n) is 5.37. The van der Waals surface area contributed by atoms with Crippen LogP contribution in [0.1, 0.15) is 29.2 Å². The number of fused-ring (bicyclic) bond motifs is 1. The van der Waals surface area contributed by atoms with Gasteiger partial charge in [0.2, 0.25) is 15.9 Å². The van der Waals surface area contributed by atoms with E-state index in [-0.39, 0.29) is 18.9 Å². The number of anilines is 2. The Morgan fingerprint density at radius 2 is 1.64 bits per heavy atom. The average molecular weight is 508 g/mol. The number of carbonyl (C=O) groups excluding carboxylic acids is 2. The summed E-state index contributed by atoms with van der Waals surface area (Å²) in [5.74, 6) is -1.81. The van der Waals surface area contributed by atoms with Crippen LogP contribution in [0.5, 0.6) is 0 Å². The van der Waals surface area contributed by atoms with Crippen LogP contribution < -0.4 is 10.0 Å². The Hall–Kier alpha value is -4.18. The smallest absolute Gasteiger partial charge is 0.397 e. The maximum Gasteiger partial charge on any atom is 0.397 e. The van der Waals surface area contributed by atoms with Crippen LogP contribution in [-0.2, 0) is 30.8 Å². The topological polar surface area (TPSA) is 128 Å². The lowest BCUT2D eigenvalue weighted by molar-refractivity contribution is -0.152. The summed E-state index contributed by atoms with van der Waals surface area (Å²) in [7, 11) is -3.97. The van der Waals surface area contributed by atoms with Crippen LogP contribution in [-0.4, -0.2) is 31.9 Å². The molecule has 1 atom stereocenters. The Morgan fingerprint density at radius 1 is 0.972 bits per heavy atom. The number of amides is 1. The molecule has 0 fully saturated rings. The average Bonchev–Trinajstić information content (AvgIpc) is 3.28. The molecule has 36 heavy (non-hydrogen) atoms. The predicted octanol–water partition coefficient (Wildman–Crippen LogP) is 4.36. The summed E-state index contributed by atoms with van der Waals surface area (Å²) in [4.78, 5) is 27.8. The molecule has 1 amide bonds. The predicted molar refractivity (Wildman–Crippen MR) is 136 cm³/mol. The summed E-state index contributed by atoms with van der Waals surface area (Å²) in [6.45, 7) is 3.61. The van der Waals surface area contributed by atoms with Crippen molar-refractivity contribution in [3.63, 3.8) is 0 Å². The summed E-state index contributed by atoms with van der Waals surface area (Å²) < 4.78 is 40.1. The lowest BCUT2D eigenvalue weighted by Crippen LogP contribution is -2.25. The molecule has 9 nitrogen and oxygen atoms in total. The van der Waals surface area contributed by atoms with Crippen molar-refractivity contribution in [1.29, 1.82) is 0 Å². The Morgan fingerprint density at radius 3 is 2.31 bits per heavy atom. The minimum absolute atomic E-state index is 0.0557. The number of sulfonamides is 1. The zero-order chi connectivity index (χ0) is 25.7. The molecule has 0 bridgehead atoms. The highest BCUT2D eigenvalue weighted by molar-refractivity contribution is 7.92. The second kappa shape index (κ2) is 10.6. The maximum atomic E-state index is 13.5. The molecular formula is C26H25N3O6S. The Bertz CT molecular complexity index is 1450. The van der Waals surface area contributed by atoms with Crippen molar-refractivity contribution in [2.45, 2.75) is 25.5 Å². The number of nitrogens with one attached hydrogen (secondary N) is 2. The fraction of sp³-hybridized carbons (Fsp3) is 0.192. The van der Waals surface area contributed by atoms with Gasteiger partial charge in [0.05, 0.1) is 6.61 Å². The molecule has 0 radical (unpaired) electrons.